The lowest BCUT2D eigenvalue weighted by Gasteiger charge is -2.22. The second kappa shape index (κ2) is 12.3. The minimum Gasteiger partial charge on any atom is -0.354 e. The van der Waals surface area contributed by atoms with E-state index in [1.165, 1.54) is 0 Å². The molecule has 2 fully saturated rings. The first kappa shape index (κ1) is 28.8. The highest BCUT2D eigenvalue weighted by atomic mass is 19.4. The molecule has 2 amide bonds. The van der Waals surface area contributed by atoms with Crippen molar-refractivity contribution in [2.75, 3.05) is 38.5 Å². The number of carbonyl (C=O) groups excluding carboxylic acids is 2. The first-order valence-corrected chi connectivity index (χ1v) is 13.6. The summed E-state index contributed by atoms with van der Waals surface area (Å²) in [5.41, 5.74) is 0.105. The molecule has 1 aliphatic carbocycles. The van der Waals surface area contributed by atoms with E-state index in [2.05, 4.69) is 25.5 Å². The molecule has 4 rings (SSSR count). The third-order valence-electron chi connectivity index (χ3n) is 7.45. The van der Waals surface area contributed by atoms with Crippen molar-refractivity contribution in [2.45, 2.75) is 58.2 Å². The number of carbonyl (C=O) groups is 2. The topological polar surface area (TPSA) is 90.5 Å². The lowest BCUT2D eigenvalue weighted by atomic mass is 9.89. The van der Waals surface area contributed by atoms with E-state index in [0.29, 0.717) is 37.2 Å². The minimum atomic E-state index is -4.60. The standard InChI is InChI=1S/C28H37F3N6O2/c1-18(2)33-25(38)22-7-4-6-20(22)16-24-23(28(29,30)31)17-32-27(35-24)34-21-10-8-19(9-11-21)26(39)37-13-5-12-36(3)14-15-37/h8-11,17-18,20,22H,4-7,12-16H2,1-3H3,(H,33,38)(H,32,34,35)/t20-,22-/m0/s1. The molecule has 8 nitrogen and oxygen atoms in total. The second-order valence-corrected chi connectivity index (χ2v) is 10.9. The Bertz CT molecular complexity index is 1150. The van der Waals surface area contributed by atoms with E-state index in [9.17, 15) is 22.8 Å². The second-order valence-electron chi connectivity index (χ2n) is 10.9. The van der Waals surface area contributed by atoms with E-state index in [1.54, 1.807) is 24.3 Å². The molecule has 1 aliphatic heterocycles. The minimum absolute atomic E-state index is 0.0351. The molecular formula is C28H37F3N6O2. The van der Waals surface area contributed by atoms with E-state index in [4.69, 9.17) is 0 Å². The molecule has 212 valence electrons. The van der Waals surface area contributed by atoms with Crippen LogP contribution in [0.3, 0.4) is 0 Å². The molecule has 2 aliphatic rings. The predicted octanol–water partition coefficient (Wildman–Crippen LogP) is 4.50. The maximum atomic E-state index is 13.8. The van der Waals surface area contributed by atoms with Crippen LogP contribution in [0.4, 0.5) is 24.8 Å². The van der Waals surface area contributed by atoms with Gasteiger partial charge < -0.3 is 20.4 Å². The summed E-state index contributed by atoms with van der Waals surface area (Å²) in [5, 5.41) is 5.86. The predicted molar refractivity (Wildman–Crippen MR) is 143 cm³/mol. The van der Waals surface area contributed by atoms with Gasteiger partial charge in [-0.3, -0.25) is 9.59 Å². The van der Waals surface area contributed by atoms with Gasteiger partial charge in [0.05, 0.1) is 11.3 Å². The van der Waals surface area contributed by atoms with Gasteiger partial charge in [0.2, 0.25) is 11.9 Å². The number of anilines is 2. The lowest BCUT2D eigenvalue weighted by Crippen LogP contribution is -2.37. The molecule has 2 N–H and O–H groups in total. The zero-order chi connectivity index (χ0) is 28.2. The van der Waals surface area contributed by atoms with Gasteiger partial charge in [-0.05, 0) is 83.3 Å². The van der Waals surface area contributed by atoms with Crippen LogP contribution >= 0.6 is 0 Å². The molecule has 1 saturated heterocycles. The number of aromatic nitrogens is 2. The van der Waals surface area contributed by atoms with E-state index < -0.39 is 11.7 Å². The van der Waals surface area contributed by atoms with Gasteiger partial charge in [-0.25, -0.2) is 9.97 Å². The summed E-state index contributed by atoms with van der Waals surface area (Å²) in [6, 6.07) is 6.75. The molecule has 1 aromatic heterocycles. The summed E-state index contributed by atoms with van der Waals surface area (Å²) in [6.07, 6.45) is -0.732. The van der Waals surface area contributed by atoms with Crippen LogP contribution in [-0.2, 0) is 17.4 Å². The van der Waals surface area contributed by atoms with Crippen LogP contribution < -0.4 is 10.6 Å². The van der Waals surface area contributed by atoms with Crippen LogP contribution in [0, 0.1) is 11.8 Å². The molecule has 2 atom stereocenters. The summed E-state index contributed by atoms with van der Waals surface area (Å²) in [6.45, 7) is 6.87. The molecule has 0 bridgehead atoms. The van der Waals surface area contributed by atoms with E-state index >= 15 is 0 Å². The highest BCUT2D eigenvalue weighted by Gasteiger charge is 2.39. The number of halogens is 3. The Labute approximate surface area is 227 Å². The van der Waals surface area contributed by atoms with Crippen molar-refractivity contribution < 1.29 is 22.8 Å². The third-order valence-corrected chi connectivity index (χ3v) is 7.45. The number of nitrogens with one attached hydrogen (secondary N) is 2. The van der Waals surface area contributed by atoms with Gasteiger partial charge >= 0.3 is 6.18 Å². The van der Waals surface area contributed by atoms with Crippen LogP contribution in [0.25, 0.3) is 0 Å². The number of rotatable bonds is 7. The molecule has 1 saturated carbocycles. The SMILES string of the molecule is CC(C)NC(=O)[C@H]1CCC[C@H]1Cc1nc(Nc2ccc(C(=O)N3CCCN(C)CC3)cc2)ncc1C(F)(F)F. The fraction of sp³-hybridized carbons (Fsp3) is 0.571. The molecule has 2 heterocycles. The van der Waals surface area contributed by atoms with Gasteiger partial charge in [0.15, 0.2) is 0 Å². The van der Waals surface area contributed by atoms with E-state index in [0.717, 1.165) is 32.1 Å². The summed E-state index contributed by atoms with van der Waals surface area (Å²) < 4.78 is 41.4. The largest absolute Gasteiger partial charge is 0.419 e. The van der Waals surface area contributed by atoms with Crippen molar-refractivity contribution in [1.29, 1.82) is 0 Å². The molecular weight excluding hydrogens is 509 g/mol. The summed E-state index contributed by atoms with van der Waals surface area (Å²) >= 11 is 0. The van der Waals surface area contributed by atoms with Gasteiger partial charge in [0.25, 0.3) is 5.91 Å². The average molecular weight is 547 g/mol. The zero-order valence-electron chi connectivity index (χ0n) is 22.7. The number of hydrogen-bond donors (Lipinski definition) is 2. The van der Waals surface area contributed by atoms with Gasteiger partial charge in [-0.15, -0.1) is 0 Å². The lowest BCUT2D eigenvalue weighted by molar-refractivity contribution is -0.138. The molecule has 1 aromatic carbocycles. The average Bonchev–Trinajstić information content (AvgIpc) is 3.22. The normalized spacial score (nSPS) is 20.6. The Hall–Kier alpha value is -3.21. The molecule has 0 unspecified atom stereocenters. The van der Waals surface area contributed by atoms with Crippen molar-refractivity contribution in [2.24, 2.45) is 11.8 Å². The first-order chi connectivity index (χ1) is 18.5. The molecule has 11 heteroatoms. The van der Waals surface area contributed by atoms with Crippen molar-refractivity contribution >= 4 is 23.5 Å². The van der Waals surface area contributed by atoms with E-state index in [1.807, 2.05) is 25.8 Å². The molecule has 0 radical (unpaired) electrons. The van der Waals surface area contributed by atoms with Gasteiger partial charge in [0.1, 0.15) is 0 Å². The van der Waals surface area contributed by atoms with Crippen molar-refractivity contribution in [3.63, 3.8) is 0 Å². The highest BCUT2D eigenvalue weighted by molar-refractivity contribution is 5.94. The molecule has 2 aromatic rings. The van der Waals surface area contributed by atoms with Crippen LogP contribution in [-0.4, -0.2) is 70.9 Å². The number of benzene rings is 1. The van der Waals surface area contributed by atoms with E-state index in [-0.39, 0.29) is 47.8 Å². The quantitative estimate of drug-likeness (QED) is 0.532. The monoisotopic (exact) mass is 546 g/mol. The van der Waals surface area contributed by atoms with Gasteiger partial charge in [-0.2, -0.15) is 13.2 Å². The maximum absolute atomic E-state index is 13.8. The number of likely N-dealkylation sites (N-methyl/N-ethyl adjacent to an activating group) is 1. The van der Waals surface area contributed by atoms with Gasteiger partial charge in [-0.1, -0.05) is 6.42 Å². The Morgan fingerprint density at radius 2 is 1.79 bits per heavy atom. The fourth-order valence-electron chi connectivity index (χ4n) is 5.39. The summed E-state index contributed by atoms with van der Waals surface area (Å²) in [7, 11) is 2.04. The van der Waals surface area contributed by atoms with Crippen LogP contribution in [0.1, 0.15) is 61.1 Å². The number of alkyl halides is 3. The van der Waals surface area contributed by atoms with Crippen molar-refractivity contribution in [1.82, 2.24) is 25.1 Å². The maximum Gasteiger partial charge on any atom is 0.419 e. The number of nitrogens with zero attached hydrogens (tertiary/aromatic N) is 4. The Kier molecular flexibility index (Phi) is 9.09. The Balaban J connectivity index is 1.48. The Morgan fingerprint density at radius 3 is 2.49 bits per heavy atom. The third kappa shape index (κ3) is 7.46. The fourth-order valence-corrected chi connectivity index (χ4v) is 5.39. The summed E-state index contributed by atoms with van der Waals surface area (Å²) in [5.74, 6) is -0.687. The number of amides is 2. The van der Waals surface area contributed by atoms with Crippen molar-refractivity contribution in [3.05, 3.63) is 47.3 Å². The zero-order valence-corrected chi connectivity index (χ0v) is 22.7. The first-order valence-electron chi connectivity index (χ1n) is 13.6. The highest BCUT2D eigenvalue weighted by Crippen LogP contribution is 2.38. The van der Waals surface area contributed by atoms with Crippen LogP contribution in [0.5, 0.6) is 0 Å². The Morgan fingerprint density at radius 1 is 1.05 bits per heavy atom. The van der Waals surface area contributed by atoms with Crippen molar-refractivity contribution in [3.8, 4) is 0 Å². The smallest absolute Gasteiger partial charge is 0.354 e. The summed E-state index contributed by atoms with van der Waals surface area (Å²) in [4.78, 5) is 37.8. The number of hydrogen-bond acceptors (Lipinski definition) is 6. The van der Waals surface area contributed by atoms with Crippen LogP contribution in [0.15, 0.2) is 30.5 Å². The van der Waals surface area contributed by atoms with Gasteiger partial charge in [0, 0.05) is 49.0 Å². The van der Waals surface area contributed by atoms with Crippen LogP contribution in [0.2, 0.25) is 0 Å². The molecule has 39 heavy (non-hydrogen) atoms. The molecule has 0 spiro atoms.